The molecule has 2 nitrogen and oxygen atoms in total. The van der Waals surface area contributed by atoms with Gasteiger partial charge in [-0.3, -0.25) is 0 Å². The average molecular weight is 589 g/mol. The Morgan fingerprint density at radius 1 is 0.556 bits per heavy atom. The first-order valence-corrected chi connectivity index (χ1v) is 16.2. The maximum Gasteiger partial charge on any atom is 0.143 e. The number of benzene rings is 5. The zero-order valence-electron chi connectivity index (χ0n) is 27.1. The van der Waals surface area contributed by atoms with Crippen molar-refractivity contribution in [2.75, 3.05) is 0 Å². The molecule has 2 atom stereocenters. The van der Waals surface area contributed by atoms with Crippen LogP contribution in [0.1, 0.15) is 81.2 Å². The third-order valence-electron chi connectivity index (χ3n) is 9.88. The molecule has 0 fully saturated rings. The van der Waals surface area contributed by atoms with Crippen LogP contribution in [0.2, 0.25) is 0 Å². The largest absolute Gasteiger partial charge is 0.489 e. The van der Waals surface area contributed by atoms with Gasteiger partial charge in [0.05, 0.1) is 0 Å². The smallest absolute Gasteiger partial charge is 0.143 e. The van der Waals surface area contributed by atoms with Gasteiger partial charge < -0.3 is 9.15 Å². The van der Waals surface area contributed by atoms with Crippen LogP contribution in [-0.4, -0.2) is 0 Å². The molecule has 2 heteroatoms. The van der Waals surface area contributed by atoms with Gasteiger partial charge in [-0.25, -0.2) is 0 Å². The summed E-state index contributed by atoms with van der Waals surface area (Å²) in [5.41, 5.74) is 13.5. The summed E-state index contributed by atoms with van der Waals surface area (Å²) in [5.74, 6) is 2.40. The highest BCUT2D eigenvalue weighted by Gasteiger charge is 2.37. The van der Waals surface area contributed by atoms with Crippen molar-refractivity contribution in [1.29, 1.82) is 0 Å². The summed E-state index contributed by atoms with van der Waals surface area (Å²) in [7, 11) is 0. The fourth-order valence-corrected chi connectivity index (χ4v) is 8.04. The Bertz CT molecular complexity index is 2100. The molecule has 2 aliphatic rings. The predicted octanol–water partition coefficient (Wildman–Crippen LogP) is 12.0. The molecule has 1 aliphatic heterocycles. The summed E-state index contributed by atoms with van der Waals surface area (Å²) in [4.78, 5) is 0. The van der Waals surface area contributed by atoms with E-state index in [0.717, 1.165) is 22.5 Å². The van der Waals surface area contributed by atoms with Crippen molar-refractivity contribution in [3.63, 3.8) is 0 Å². The molecule has 0 saturated carbocycles. The van der Waals surface area contributed by atoms with Crippen LogP contribution in [0, 0.1) is 10.8 Å². The highest BCUT2D eigenvalue weighted by molar-refractivity contribution is 6.04. The molecule has 0 N–H and O–H groups in total. The van der Waals surface area contributed by atoms with Crippen molar-refractivity contribution in [3.8, 4) is 39.3 Å². The molecule has 224 valence electrons. The van der Waals surface area contributed by atoms with Crippen LogP contribution < -0.4 is 4.74 Å². The van der Waals surface area contributed by atoms with Crippen LogP contribution in [0.25, 0.3) is 44.5 Å². The van der Waals surface area contributed by atoms with Crippen LogP contribution in [0.5, 0.6) is 5.75 Å². The Labute approximate surface area is 266 Å². The lowest BCUT2D eigenvalue weighted by molar-refractivity contribution is 0.304. The molecular formula is C43H40O2. The second-order valence-electron chi connectivity index (χ2n) is 15.0. The number of hydrogen-bond acceptors (Lipinski definition) is 2. The summed E-state index contributed by atoms with van der Waals surface area (Å²) in [5, 5.41) is 1.16. The van der Waals surface area contributed by atoms with E-state index in [1.807, 2.05) is 0 Å². The Kier molecular flexibility index (Phi) is 6.20. The molecule has 2 heterocycles. The Balaban J connectivity index is 1.34. The van der Waals surface area contributed by atoms with Crippen LogP contribution in [0.3, 0.4) is 0 Å². The maximum atomic E-state index is 6.70. The second kappa shape index (κ2) is 9.97. The van der Waals surface area contributed by atoms with E-state index in [0.29, 0.717) is 6.61 Å². The van der Waals surface area contributed by atoms with Crippen molar-refractivity contribution >= 4 is 11.0 Å². The summed E-state index contributed by atoms with van der Waals surface area (Å²) in [6, 6.07) is 40.0. The topological polar surface area (TPSA) is 22.4 Å². The lowest BCUT2D eigenvalue weighted by atomic mass is 9.70. The van der Waals surface area contributed by atoms with E-state index in [1.54, 1.807) is 0 Å². The van der Waals surface area contributed by atoms with Crippen LogP contribution in [0.4, 0.5) is 0 Å². The molecule has 2 unspecified atom stereocenters. The molecule has 0 amide bonds. The first kappa shape index (κ1) is 28.0. The third kappa shape index (κ3) is 4.45. The number of para-hydroxylation sites is 1. The second-order valence-corrected chi connectivity index (χ2v) is 15.0. The fraction of sp³-hybridized carbons (Fsp3) is 0.256. The molecule has 0 bridgehead atoms. The van der Waals surface area contributed by atoms with Gasteiger partial charge in [-0.15, -0.1) is 0 Å². The molecular weight excluding hydrogens is 548 g/mol. The van der Waals surface area contributed by atoms with E-state index in [2.05, 4.69) is 151 Å². The minimum atomic E-state index is 0.000525. The Hall–Kier alpha value is -4.56. The molecule has 8 rings (SSSR count). The molecule has 1 aliphatic carbocycles. The molecule has 5 aromatic carbocycles. The molecule has 1 aromatic heterocycles. The van der Waals surface area contributed by atoms with Gasteiger partial charge in [0.1, 0.15) is 23.7 Å². The standard InChI is InChI=1S/C43H40O2/c1-42(2,3)39-29-14-8-7-13-28(29)25-44-37-24-27(20-22-34(37)39)26-19-21-31-35(23-26)38-33-17-11-12-18-36(33)45-41(38)32-16-10-9-15-30(32)40(31)43(4,5)6/h7-24,39-40H,25H2,1-6H3. The molecule has 0 radical (unpaired) electrons. The lowest BCUT2D eigenvalue weighted by Crippen LogP contribution is -2.20. The van der Waals surface area contributed by atoms with Gasteiger partial charge in [-0.2, -0.15) is 0 Å². The lowest BCUT2D eigenvalue weighted by Gasteiger charge is -2.33. The summed E-state index contributed by atoms with van der Waals surface area (Å²) >= 11 is 0. The molecule has 0 saturated heterocycles. The quantitative estimate of drug-likeness (QED) is 0.191. The fourth-order valence-electron chi connectivity index (χ4n) is 8.04. The first-order valence-electron chi connectivity index (χ1n) is 16.2. The van der Waals surface area contributed by atoms with Gasteiger partial charge in [0, 0.05) is 33.9 Å². The number of ether oxygens (including phenoxy) is 1. The van der Waals surface area contributed by atoms with Crippen molar-refractivity contribution in [2.45, 2.75) is 60.0 Å². The molecule has 6 aromatic rings. The Morgan fingerprint density at radius 3 is 1.93 bits per heavy atom. The highest BCUT2D eigenvalue weighted by Crippen LogP contribution is 2.55. The molecule has 0 spiro atoms. The van der Waals surface area contributed by atoms with E-state index in [9.17, 15) is 0 Å². The van der Waals surface area contributed by atoms with Gasteiger partial charge in [0.15, 0.2) is 0 Å². The molecule has 45 heavy (non-hydrogen) atoms. The minimum Gasteiger partial charge on any atom is -0.489 e. The average Bonchev–Trinajstić information content (AvgIpc) is 3.23. The maximum absolute atomic E-state index is 6.70. The highest BCUT2D eigenvalue weighted by atomic mass is 16.5. The van der Waals surface area contributed by atoms with Crippen molar-refractivity contribution in [1.82, 2.24) is 0 Å². The first-order chi connectivity index (χ1) is 21.6. The van der Waals surface area contributed by atoms with Gasteiger partial charge in [0.25, 0.3) is 0 Å². The zero-order valence-corrected chi connectivity index (χ0v) is 27.1. The van der Waals surface area contributed by atoms with Crippen molar-refractivity contribution in [2.24, 2.45) is 10.8 Å². The van der Waals surface area contributed by atoms with E-state index < -0.39 is 0 Å². The monoisotopic (exact) mass is 588 g/mol. The van der Waals surface area contributed by atoms with Gasteiger partial charge in [-0.05, 0) is 68.0 Å². The number of rotatable bonds is 1. The summed E-state index contributed by atoms with van der Waals surface area (Å²) < 4.78 is 13.3. The van der Waals surface area contributed by atoms with Gasteiger partial charge in [-0.1, -0.05) is 133 Å². The van der Waals surface area contributed by atoms with Crippen LogP contribution in [-0.2, 0) is 6.61 Å². The number of furan rings is 1. The Morgan fingerprint density at radius 2 is 1.16 bits per heavy atom. The van der Waals surface area contributed by atoms with Gasteiger partial charge >= 0.3 is 0 Å². The predicted molar refractivity (Wildman–Crippen MR) is 186 cm³/mol. The SMILES string of the molecule is CC(C)(C)C1c2ccccc2COc2cc(-c3ccc4c(c3)-c3c(oc5ccccc35)-c3ccccc3C4C(C)(C)C)ccc21. The zero-order chi connectivity index (χ0) is 31.1. The van der Waals surface area contributed by atoms with E-state index >= 15 is 0 Å². The summed E-state index contributed by atoms with van der Waals surface area (Å²) in [6.07, 6.45) is 0. The van der Waals surface area contributed by atoms with Crippen LogP contribution in [0.15, 0.2) is 114 Å². The van der Waals surface area contributed by atoms with E-state index in [-0.39, 0.29) is 22.7 Å². The minimum absolute atomic E-state index is 0.000525. The normalized spacial score (nSPS) is 17.2. The van der Waals surface area contributed by atoms with E-state index in [1.165, 1.54) is 55.6 Å². The van der Waals surface area contributed by atoms with Gasteiger partial charge in [0.2, 0.25) is 0 Å². The van der Waals surface area contributed by atoms with E-state index in [4.69, 9.17) is 9.15 Å². The van der Waals surface area contributed by atoms with Crippen LogP contribution >= 0.6 is 0 Å². The van der Waals surface area contributed by atoms with Crippen molar-refractivity contribution < 1.29 is 9.15 Å². The number of fused-ring (bicyclic) bond motifs is 9. The summed E-state index contributed by atoms with van der Waals surface area (Å²) in [6.45, 7) is 14.6. The third-order valence-corrected chi connectivity index (χ3v) is 9.88. The van der Waals surface area contributed by atoms with Crippen molar-refractivity contribution in [3.05, 3.63) is 137 Å². The number of hydrogen-bond donors (Lipinski definition) is 0.